The van der Waals surface area contributed by atoms with Crippen molar-refractivity contribution in [3.8, 4) is 17.1 Å². The van der Waals surface area contributed by atoms with E-state index in [0.29, 0.717) is 23.3 Å². The van der Waals surface area contributed by atoms with Gasteiger partial charge in [0.25, 0.3) is 5.88 Å². The molecule has 4 heterocycles. The standard InChI is InChI=1S/C24H31N9O2/c1-7-33(8-2)15(4)22(34)30-21-20-16(9-10-25-21)17(12-26-20)19-14(3)11-27-24(29-19)28-18-13-32(5)31-23(18)35-6/h9-13,15,26H,7-8H2,1-6H3,(H,25,30,34)(H,27,28,29)/t15-/m1/s1. The molecule has 4 rings (SSSR count). The summed E-state index contributed by atoms with van der Waals surface area (Å²) < 4.78 is 6.97. The second kappa shape index (κ2) is 10.1. The van der Waals surface area contributed by atoms with Crippen LogP contribution in [0.4, 0.5) is 17.5 Å². The second-order valence-corrected chi connectivity index (χ2v) is 8.25. The fourth-order valence-electron chi connectivity index (χ4n) is 4.10. The van der Waals surface area contributed by atoms with Crippen LogP contribution in [0.2, 0.25) is 0 Å². The molecule has 0 unspecified atom stereocenters. The number of amides is 1. The molecule has 0 saturated carbocycles. The largest absolute Gasteiger partial charge is 0.478 e. The van der Waals surface area contributed by atoms with Crippen molar-refractivity contribution in [2.24, 2.45) is 7.05 Å². The molecule has 3 N–H and O–H groups in total. The van der Waals surface area contributed by atoms with Gasteiger partial charge >= 0.3 is 0 Å². The number of aryl methyl sites for hydroxylation is 2. The van der Waals surface area contributed by atoms with E-state index in [0.717, 1.165) is 40.8 Å². The minimum Gasteiger partial charge on any atom is -0.478 e. The summed E-state index contributed by atoms with van der Waals surface area (Å²) in [5, 5.41) is 11.3. The Morgan fingerprint density at radius 3 is 2.77 bits per heavy atom. The van der Waals surface area contributed by atoms with Crippen molar-refractivity contribution >= 4 is 34.3 Å². The van der Waals surface area contributed by atoms with Gasteiger partial charge < -0.3 is 20.4 Å². The Labute approximate surface area is 203 Å². The highest BCUT2D eigenvalue weighted by atomic mass is 16.5. The number of carbonyl (C=O) groups excluding carboxylic acids is 1. The first-order valence-electron chi connectivity index (χ1n) is 11.6. The summed E-state index contributed by atoms with van der Waals surface area (Å²) in [7, 11) is 3.38. The Morgan fingerprint density at radius 1 is 1.29 bits per heavy atom. The molecule has 1 atom stereocenters. The topological polar surface area (TPSA) is 126 Å². The van der Waals surface area contributed by atoms with Gasteiger partial charge in [-0.2, -0.15) is 0 Å². The fourth-order valence-corrected chi connectivity index (χ4v) is 4.10. The SMILES string of the molecule is CCN(CC)[C@H](C)C(=O)Nc1nccc2c(-c3nc(Nc4cn(C)nc4OC)ncc3C)c[nH]c12. The number of aromatic nitrogens is 6. The van der Waals surface area contributed by atoms with E-state index in [1.807, 2.05) is 47.0 Å². The Kier molecular flexibility index (Phi) is 6.97. The third kappa shape index (κ3) is 4.80. The Morgan fingerprint density at radius 2 is 2.06 bits per heavy atom. The third-order valence-electron chi connectivity index (χ3n) is 6.04. The quantitative estimate of drug-likeness (QED) is 0.334. The average Bonchev–Trinajstić information content (AvgIpc) is 3.44. The van der Waals surface area contributed by atoms with E-state index in [4.69, 9.17) is 9.72 Å². The second-order valence-electron chi connectivity index (χ2n) is 8.25. The van der Waals surface area contributed by atoms with Crippen molar-refractivity contribution in [3.05, 3.63) is 36.4 Å². The number of aromatic amines is 1. The highest BCUT2D eigenvalue weighted by Crippen LogP contribution is 2.33. The number of pyridine rings is 1. The van der Waals surface area contributed by atoms with Crippen molar-refractivity contribution in [3.63, 3.8) is 0 Å². The van der Waals surface area contributed by atoms with Crippen LogP contribution < -0.4 is 15.4 Å². The van der Waals surface area contributed by atoms with Gasteiger partial charge in [-0.25, -0.2) is 15.0 Å². The Bertz CT molecular complexity index is 1340. The van der Waals surface area contributed by atoms with Crippen LogP contribution >= 0.6 is 0 Å². The smallest absolute Gasteiger partial charge is 0.256 e. The van der Waals surface area contributed by atoms with Gasteiger partial charge in [0, 0.05) is 36.6 Å². The van der Waals surface area contributed by atoms with Crippen molar-refractivity contribution < 1.29 is 9.53 Å². The highest BCUT2D eigenvalue weighted by molar-refractivity contribution is 6.05. The predicted octanol–water partition coefficient (Wildman–Crippen LogP) is 3.48. The summed E-state index contributed by atoms with van der Waals surface area (Å²) >= 11 is 0. The summed E-state index contributed by atoms with van der Waals surface area (Å²) in [4.78, 5) is 31.8. The zero-order chi connectivity index (χ0) is 25.1. The number of nitrogens with zero attached hydrogens (tertiary/aromatic N) is 6. The van der Waals surface area contributed by atoms with Crippen molar-refractivity contribution in [2.45, 2.75) is 33.7 Å². The maximum absolute atomic E-state index is 12.9. The first kappa shape index (κ1) is 24.1. The molecule has 0 aliphatic heterocycles. The zero-order valence-corrected chi connectivity index (χ0v) is 20.9. The molecule has 0 fully saturated rings. The summed E-state index contributed by atoms with van der Waals surface area (Å²) in [6.07, 6.45) is 7.13. The van der Waals surface area contributed by atoms with Crippen LogP contribution in [0.25, 0.3) is 22.2 Å². The van der Waals surface area contributed by atoms with Crippen molar-refractivity contribution in [2.75, 3.05) is 30.8 Å². The average molecular weight is 478 g/mol. The molecule has 0 spiro atoms. The number of H-pyrrole nitrogens is 1. The molecule has 0 saturated heterocycles. The van der Waals surface area contributed by atoms with Gasteiger partial charge in [-0.1, -0.05) is 13.8 Å². The molecule has 0 aliphatic rings. The van der Waals surface area contributed by atoms with E-state index in [2.05, 4.69) is 35.6 Å². The third-order valence-corrected chi connectivity index (χ3v) is 6.04. The fraction of sp³-hybridized carbons (Fsp3) is 0.375. The summed E-state index contributed by atoms with van der Waals surface area (Å²) in [5.74, 6) is 1.26. The van der Waals surface area contributed by atoms with Gasteiger partial charge in [0.05, 0.1) is 30.6 Å². The number of hydrogen-bond acceptors (Lipinski definition) is 8. The van der Waals surface area contributed by atoms with Gasteiger partial charge in [-0.05, 0) is 38.6 Å². The molecule has 4 aromatic heterocycles. The van der Waals surface area contributed by atoms with E-state index >= 15 is 0 Å². The normalized spacial score (nSPS) is 12.2. The van der Waals surface area contributed by atoms with E-state index in [1.54, 1.807) is 30.4 Å². The Hall–Kier alpha value is -3.99. The van der Waals surface area contributed by atoms with Crippen LogP contribution in [-0.4, -0.2) is 66.8 Å². The van der Waals surface area contributed by atoms with Crippen molar-refractivity contribution in [1.29, 1.82) is 0 Å². The van der Waals surface area contributed by atoms with Crippen LogP contribution in [0.3, 0.4) is 0 Å². The highest BCUT2D eigenvalue weighted by Gasteiger charge is 2.21. The van der Waals surface area contributed by atoms with E-state index in [-0.39, 0.29) is 11.9 Å². The van der Waals surface area contributed by atoms with Crippen LogP contribution in [-0.2, 0) is 11.8 Å². The lowest BCUT2D eigenvalue weighted by Gasteiger charge is -2.25. The van der Waals surface area contributed by atoms with E-state index < -0.39 is 0 Å². The predicted molar refractivity (Wildman–Crippen MR) is 136 cm³/mol. The summed E-state index contributed by atoms with van der Waals surface area (Å²) in [5.41, 5.74) is 3.96. The van der Waals surface area contributed by atoms with Gasteiger partial charge in [0.2, 0.25) is 11.9 Å². The number of nitrogens with one attached hydrogen (secondary N) is 3. The number of carbonyl (C=O) groups is 1. The molecule has 1 amide bonds. The molecule has 0 bridgehead atoms. The number of likely N-dealkylation sites (N-methyl/N-ethyl adjacent to an activating group) is 1. The minimum absolute atomic E-state index is 0.0972. The zero-order valence-electron chi connectivity index (χ0n) is 20.9. The summed E-state index contributed by atoms with van der Waals surface area (Å²) in [6, 6.07) is 1.64. The number of anilines is 3. The molecular formula is C24H31N9O2. The van der Waals surface area contributed by atoms with Crippen LogP contribution in [0.5, 0.6) is 5.88 Å². The molecule has 35 heavy (non-hydrogen) atoms. The molecule has 0 aromatic carbocycles. The number of rotatable bonds is 9. The number of hydrogen-bond donors (Lipinski definition) is 3. The lowest BCUT2D eigenvalue weighted by molar-refractivity contribution is -0.120. The molecule has 11 heteroatoms. The van der Waals surface area contributed by atoms with Crippen LogP contribution in [0.15, 0.2) is 30.9 Å². The molecule has 184 valence electrons. The lowest BCUT2D eigenvalue weighted by Crippen LogP contribution is -2.41. The monoisotopic (exact) mass is 477 g/mol. The summed E-state index contributed by atoms with van der Waals surface area (Å²) in [6.45, 7) is 9.53. The first-order chi connectivity index (χ1) is 16.9. The number of fused-ring (bicyclic) bond motifs is 1. The number of methoxy groups -OCH3 is 1. The van der Waals surface area contributed by atoms with Crippen LogP contribution in [0, 0.1) is 6.92 Å². The number of ether oxygens (including phenoxy) is 1. The van der Waals surface area contributed by atoms with Gasteiger partial charge in [-0.15, -0.1) is 5.10 Å². The van der Waals surface area contributed by atoms with Crippen LogP contribution in [0.1, 0.15) is 26.3 Å². The molecule has 0 radical (unpaired) electrons. The van der Waals surface area contributed by atoms with Crippen molar-refractivity contribution in [1.82, 2.24) is 34.6 Å². The Balaban J connectivity index is 1.66. The lowest BCUT2D eigenvalue weighted by atomic mass is 10.1. The maximum Gasteiger partial charge on any atom is 0.256 e. The molecule has 11 nitrogen and oxygen atoms in total. The van der Waals surface area contributed by atoms with E-state index in [9.17, 15) is 4.79 Å². The minimum atomic E-state index is -0.265. The molecule has 4 aromatic rings. The molecular weight excluding hydrogens is 446 g/mol. The van der Waals surface area contributed by atoms with E-state index in [1.165, 1.54) is 0 Å². The maximum atomic E-state index is 12.9. The van der Waals surface area contributed by atoms with Gasteiger partial charge in [-0.3, -0.25) is 14.4 Å². The molecule has 0 aliphatic carbocycles. The first-order valence-corrected chi connectivity index (χ1v) is 11.6. The van der Waals surface area contributed by atoms with Gasteiger partial charge in [0.15, 0.2) is 5.82 Å². The van der Waals surface area contributed by atoms with Gasteiger partial charge in [0.1, 0.15) is 5.69 Å².